The lowest BCUT2D eigenvalue weighted by Gasteiger charge is -2.14. The van der Waals surface area contributed by atoms with Crippen LogP contribution < -0.4 is 9.47 Å². The van der Waals surface area contributed by atoms with Crippen molar-refractivity contribution in [3.8, 4) is 11.5 Å². The summed E-state index contributed by atoms with van der Waals surface area (Å²) < 4.78 is 11.3. The zero-order valence-corrected chi connectivity index (χ0v) is 15.9. The van der Waals surface area contributed by atoms with Crippen LogP contribution in [0.5, 0.6) is 11.5 Å². The van der Waals surface area contributed by atoms with Crippen LogP contribution >= 0.6 is 0 Å². The highest BCUT2D eigenvalue weighted by Crippen LogP contribution is 2.22. The average Bonchev–Trinajstić information content (AvgIpc) is 2.68. The lowest BCUT2D eigenvalue weighted by molar-refractivity contribution is -0.139. The molecule has 26 heavy (non-hydrogen) atoms. The van der Waals surface area contributed by atoms with Crippen molar-refractivity contribution in [2.75, 3.05) is 0 Å². The SMILES string of the molecule is CCCCCCC(CC)C(=O)Oc1ccc(OCc2ccccc2)cc1. The van der Waals surface area contributed by atoms with Gasteiger partial charge in [-0.2, -0.15) is 0 Å². The first-order chi connectivity index (χ1) is 12.7. The first kappa shape index (κ1) is 20.0. The van der Waals surface area contributed by atoms with E-state index < -0.39 is 0 Å². The van der Waals surface area contributed by atoms with Crippen molar-refractivity contribution in [3.05, 3.63) is 60.2 Å². The zero-order chi connectivity index (χ0) is 18.6. The van der Waals surface area contributed by atoms with Gasteiger partial charge in [0.2, 0.25) is 0 Å². The molecule has 0 spiro atoms. The number of hydrogen-bond acceptors (Lipinski definition) is 3. The van der Waals surface area contributed by atoms with E-state index in [1.165, 1.54) is 19.3 Å². The second-order valence-corrected chi connectivity index (χ2v) is 6.62. The summed E-state index contributed by atoms with van der Waals surface area (Å²) in [5.41, 5.74) is 1.12. The molecule has 3 heteroatoms. The Labute approximate surface area is 157 Å². The highest BCUT2D eigenvalue weighted by atomic mass is 16.5. The smallest absolute Gasteiger partial charge is 0.314 e. The Balaban J connectivity index is 1.80. The van der Waals surface area contributed by atoms with Crippen molar-refractivity contribution >= 4 is 5.97 Å². The molecule has 1 unspecified atom stereocenters. The van der Waals surface area contributed by atoms with Crippen LogP contribution in [0.1, 0.15) is 57.9 Å². The highest BCUT2D eigenvalue weighted by molar-refractivity contribution is 5.75. The van der Waals surface area contributed by atoms with E-state index in [2.05, 4.69) is 6.92 Å². The van der Waals surface area contributed by atoms with Crippen LogP contribution in [0.3, 0.4) is 0 Å². The monoisotopic (exact) mass is 354 g/mol. The predicted molar refractivity (Wildman–Crippen MR) is 105 cm³/mol. The fraction of sp³-hybridized carbons (Fsp3) is 0.435. The molecule has 2 rings (SSSR count). The number of benzene rings is 2. The summed E-state index contributed by atoms with van der Waals surface area (Å²) in [5.74, 6) is 1.21. The van der Waals surface area contributed by atoms with Crippen LogP contribution in [-0.4, -0.2) is 5.97 Å². The van der Waals surface area contributed by atoms with Crippen LogP contribution in [0.15, 0.2) is 54.6 Å². The summed E-state index contributed by atoms with van der Waals surface area (Å²) in [6, 6.07) is 17.3. The summed E-state index contributed by atoms with van der Waals surface area (Å²) in [7, 11) is 0. The molecular formula is C23H30O3. The Morgan fingerprint density at radius 1 is 0.885 bits per heavy atom. The van der Waals surface area contributed by atoms with Crippen LogP contribution in [0.2, 0.25) is 0 Å². The largest absolute Gasteiger partial charge is 0.489 e. The minimum Gasteiger partial charge on any atom is -0.489 e. The van der Waals surface area contributed by atoms with Gasteiger partial charge in [-0.05, 0) is 42.7 Å². The third kappa shape index (κ3) is 6.91. The van der Waals surface area contributed by atoms with E-state index in [4.69, 9.17) is 9.47 Å². The van der Waals surface area contributed by atoms with Gasteiger partial charge in [-0.15, -0.1) is 0 Å². The second-order valence-electron chi connectivity index (χ2n) is 6.62. The molecule has 0 heterocycles. The summed E-state index contributed by atoms with van der Waals surface area (Å²) >= 11 is 0. The van der Waals surface area contributed by atoms with Gasteiger partial charge in [0.05, 0.1) is 5.92 Å². The fourth-order valence-corrected chi connectivity index (χ4v) is 2.85. The molecule has 1 atom stereocenters. The number of hydrogen-bond donors (Lipinski definition) is 0. The molecule has 0 aliphatic rings. The maximum atomic E-state index is 12.3. The lowest BCUT2D eigenvalue weighted by atomic mass is 9.98. The van der Waals surface area contributed by atoms with Gasteiger partial charge in [0.25, 0.3) is 0 Å². The Hall–Kier alpha value is -2.29. The molecule has 0 aromatic heterocycles. The maximum absolute atomic E-state index is 12.3. The van der Waals surface area contributed by atoms with Crippen molar-refractivity contribution in [3.63, 3.8) is 0 Å². The fourth-order valence-electron chi connectivity index (χ4n) is 2.85. The van der Waals surface area contributed by atoms with Gasteiger partial charge in [0.15, 0.2) is 0 Å². The highest BCUT2D eigenvalue weighted by Gasteiger charge is 2.18. The molecule has 0 saturated heterocycles. The molecule has 0 bridgehead atoms. The first-order valence-corrected chi connectivity index (χ1v) is 9.71. The Kier molecular flexibility index (Phi) is 8.74. The van der Waals surface area contributed by atoms with E-state index in [-0.39, 0.29) is 11.9 Å². The Bertz CT molecular complexity index is 634. The van der Waals surface area contributed by atoms with Crippen molar-refractivity contribution in [2.24, 2.45) is 5.92 Å². The van der Waals surface area contributed by atoms with E-state index in [1.807, 2.05) is 49.4 Å². The van der Waals surface area contributed by atoms with Gasteiger partial charge in [-0.3, -0.25) is 4.79 Å². The van der Waals surface area contributed by atoms with Crippen molar-refractivity contribution < 1.29 is 14.3 Å². The Morgan fingerprint density at radius 3 is 2.23 bits per heavy atom. The normalized spacial score (nSPS) is 11.8. The van der Waals surface area contributed by atoms with Crippen molar-refractivity contribution in [2.45, 2.75) is 59.0 Å². The number of esters is 1. The molecule has 0 radical (unpaired) electrons. The summed E-state index contributed by atoms with van der Waals surface area (Å²) in [5, 5.41) is 0. The number of carbonyl (C=O) groups excluding carboxylic acids is 1. The molecule has 0 aliphatic heterocycles. The van der Waals surface area contributed by atoms with E-state index in [9.17, 15) is 4.79 Å². The van der Waals surface area contributed by atoms with Gasteiger partial charge in [-0.25, -0.2) is 0 Å². The minimum absolute atomic E-state index is 0.0131. The predicted octanol–water partition coefficient (Wildman–Crippen LogP) is 6.17. The number of rotatable bonds is 11. The average molecular weight is 354 g/mol. The molecule has 2 aromatic carbocycles. The third-order valence-electron chi connectivity index (χ3n) is 4.52. The molecule has 0 amide bonds. The summed E-state index contributed by atoms with van der Waals surface area (Å²) in [4.78, 5) is 12.3. The maximum Gasteiger partial charge on any atom is 0.314 e. The van der Waals surface area contributed by atoms with Gasteiger partial charge < -0.3 is 9.47 Å². The van der Waals surface area contributed by atoms with Crippen molar-refractivity contribution in [1.82, 2.24) is 0 Å². The Morgan fingerprint density at radius 2 is 1.58 bits per heavy atom. The van der Waals surface area contributed by atoms with Gasteiger partial charge >= 0.3 is 5.97 Å². The topological polar surface area (TPSA) is 35.5 Å². The number of ether oxygens (including phenoxy) is 2. The molecule has 0 aliphatic carbocycles. The number of carbonyl (C=O) groups is 1. The molecule has 0 saturated carbocycles. The minimum atomic E-state index is -0.123. The van der Waals surface area contributed by atoms with Gasteiger partial charge in [0, 0.05) is 0 Å². The van der Waals surface area contributed by atoms with Gasteiger partial charge in [0.1, 0.15) is 18.1 Å². The first-order valence-electron chi connectivity index (χ1n) is 9.71. The molecule has 3 nitrogen and oxygen atoms in total. The molecule has 0 N–H and O–H groups in total. The van der Waals surface area contributed by atoms with E-state index >= 15 is 0 Å². The van der Waals surface area contributed by atoms with E-state index in [1.54, 1.807) is 12.1 Å². The van der Waals surface area contributed by atoms with Crippen LogP contribution in [0, 0.1) is 5.92 Å². The summed E-state index contributed by atoms with van der Waals surface area (Å²) in [6.07, 6.45) is 6.45. The van der Waals surface area contributed by atoms with Gasteiger partial charge in [-0.1, -0.05) is 69.9 Å². The van der Waals surface area contributed by atoms with E-state index in [0.717, 1.165) is 30.6 Å². The lowest BCUT2D eigenvalue weighted by Crippen LogP contribution is -2.20. The second kappa shape index (κ2) is 11.3. The van der Waals surface area contributed by atoms with Crippen LogP contribution in [0.4, 0.5) is 0 Å². The molecule has 0 fully saturated rings. The number of unbranched alkanes of at least 4 members (excludes halogenated alkanes) is 3. The molecular weight excluding hydrogens is 324 g/mol. The van der Waals surface area contributed by atoms with Crippen molar-refractivity contribution in [1.29, 1.82) is 0 Å². The van der Waals surface area contributed by atoms with Crippen LogP contribution in [-0.2, 0) is 11.4 Å². The molecule has 2 aromatic rings. The van der Waals surface area contributed by atoms with Crippen LogP contribution in [0.25, 0.3) is 0 Å². The van der Waals surface area contributed by atoms with E-state index in [0.29, 0.717) is 12.4 Å². The standard InChI is InChI=1S/C23H30O3/c1-3-5-6-10-13-20(4-2)23(24)26-22-16-14-21(15-17-22)25-18-19-11-8-7-9-12-19/h7-9,11-12,14-17,20H,3-6,10,13,18H2,1-2H3. The summed E-state index contributed by atoms with van der Waals surface area (Å²) in [6.45, 7) is 4.76. The molecule has 140 valence electrons. The zero-order valence-electron chi connectivity index (χ0n) is 15.9. The quantitative estimate of drug-likeness (QED) is 0.275. The third-order valence-corrected chi connectivity index (χ3v) is 4.52.